The fraction of sp³-hybridized carbons (Fsp3) is 0.500. The summed E-state index contributed by atoms with van der Waals surface area (Å²) in [5.41, 5.74) is 0.0255. The van der Waals surface area contributed by atoms with E-state index in [0.29, 0.717) is 0 Å². The van der Waals surface area contributed by atoms with Crippen LogP contribution in [0.5, 0.6) is 0 Å². The molecule has 0 aliphatic rings. The van der Waals surface area contributed by atoms with E-state index >= 15 is 0 Å². The van der Waals surface area contributed by atoms with E-state index in [1.54, 1.807) is 0 Å². The molecule has 1 rings (SSSR count). The van der Waals surface area contributed by atoms with Gasteiger partial charge in [-0.2, -0.15) is 0 Å². The van der Waals surface area contributed by atoms with Crippen LogP contribution in [0.3, 0.4) is 0 Å². The molecule has 1 aromatic rings. The monoisotopic (exact) mass is 188 g/mol. The van der Waals surface area contributed by atoms with E-state index in [1.165, 1.54) is 13.3 Å². The molecule has 0 aliphatic heterocycles. The number of aryl methyl sites for hydroxylation is 1. The fourth-order valence-corrected chi connectivity index (χ4v) is 1.02. The van der Waals surface area contributed by atoms with Gasteiger partial charge in [-0.25, -0.2) is 18.7 Å². The molecular formula is C8H10F2N2O. The Morgan fingerprint density at radius 3 is 2.77 bits per heavy atom. The van der Waals surface area contributed by atoms with E-state index in [-0.39, 0.29) is 11.3 Å². The SMILES string of the molecule is Cc1ncncc1C(F)(F)CCO. The number of alkyl halides is 2. The van der Waals surface area contributed by atoms with Gasteiger partial charge in [0.25, 0.3) is 5.92 Å². The van der Waals surface area contributed by atoms with Crippen LogP contribution in [0.2, 0.25) is 0 Å². The number of hydrogen-bond acceptors (Lipinski definition) is 3. The van der Waals surface area contributed by atoms with Gasteiger partial charge in [-0.3, -0.25) is 0 Å². The number of aliphatic hydroxyl groups excluding tert-OH is 1. The number of hydrogen-bond donors (Lipinski definition) is 1. The zero-order valence-electron chi connectivity index (χ0n) is 7.17. The van der Waals surface area contributed by atoms with Crippen LogP contribution < -0.4 is 0 Å². The van der Waals surface area contributed by atoms with Gasteiger partial charge in [0, 0.05) is 24.9 Å². The first-order chi connectivity index (χ1) is 6.08. The molecular weight excluding hydrogens is 178 g/mol. The zero-order valence-corrected chi connectivity index (χ0v) is 7.17. The first-order valence-corrected chi connectivity index (χ1v) is 3.83. The molecule has 13 heavy (non-hydrogen) atoms. The lowest BCUT2D eigenvalue weighted by atomic mass is 10.1. The van der Waals surface area contributed by atoms with E-state index in [1.807, 2.05) is 0 Å². The first-order valence-electron chi connectivity index (χ1n) is 3.83. The summed E-state index contributed by atoms with van der Waals surface area (Å²) in [6.07, 6.45) is 1.70. The third kappa shape index (κ3) is 2.18. The summed E-state index contributed by atoms with van der Waals surface area (Å²) < 4.78 is 26.4. The number of aliphatic hydroxyl groups is 1. The highest BCUT2D eigenvalue weighted by Gasteiger charge is 2.33. The Labute approximate surface area is 74.5 Å². The molecule has 5 heteroatoms. The molecule has 0 aliphatic carbocycles. The van der Waals surface area contributed by atoms with Crippen molar-refractivity contribution in [3.05, 3.63) is 23.8 Å². The summed E-state index contributed by atoms with van der Waals surface area (Å²) in [6.45, 7) is 0.934. The lowest BCUT2D eigenvalue weighted by molar-refractivity contribution is -0.0281. The van der Waals surface area contributed by atoms with Crippen LogP contribution in [0.4, 0.5) is 8.78 Å². The molecule has 72 valence electrons. The quantitative estimate of drug-likeness (QED) is 0.776. The van der Waals surface area contributed by atoms with E-state index in [4.69, 9.17) is 5.11 Å². The van der Waals surface area contributed by atoms with E-state index in [0.717, 1.165) is 6.20 Å². The maximum atomic E-state index is 13.2. The van der Waals surface area contributed by atoms with Gasteiger partial charge >= 0.3 is 0 Å². The molecule has 1 aromatic heterocycles. The van der Waals surface area contributed by atoms with Crippen LogP contribution in [0.15, 0.2) is 12.5 Å². The zero-order chi connectivity index (χ0) is 9.90. The van der Waals surface area contributed by atoms with E-state index in [2.05, 4.69) is 9.97 Å². The van der Waals surface area contributed by atoms with Crippen molar-refractivity contribution >= 4 is 0 Å². The Morgan fingerprint density at radius 2 is 2.23 bits per heavy atom. The lowest BCUT2D eigenvalue weighted by Gasteiger charge is -2.15. The molecule has 0 saturated heterocycles. The minimum absolute atomic E-state index is 0.218. The Kier molecular flexibility index (Phi) is 2.87. The van der Waals surface area contributed by atoms with Gasteiger partial charge in [0.05, 0.1) is 5.56 Å². The molecule has 1 N–H and O–H groups in total. The lowest BCUT2D eigenvalue weighted by Crippen LogP contribution is -2.17. The molecule has 3 nitrogen and oxygen atoms in total. The molecule has 0 bridgehead atoms. The summed E-state index contributed by atoms with van der Waals surface area (Å²) in [4.78, 5) is 7.18. The molecule has 0 amide bonds. The summed E-state index contributed by atoms with van der Waals surface area (Å²) in [5.74, 6) is -3.04. The molecule has 0 saturated carbocycles. The minimum atomic E-state index is -3.04. The number of rotatable bonds is 3. The summed E-state index contributed by atoms with van der Waals surface area (Å²) >= 11 is 0. The van der Waals surface area contributed by atoms with Gasteiger partial charge in [0.1, 0.15) is 6.33 Å². The highest BCUT2D eigenvalue weighted by molar-refractivity contribution is 5.19. The van der Waals surface area contributed by atoms with Crippen molar-refractivity contribution in [2.45, 2.75) is 19.3 Å². The van der Waals surface area contributed by atoms with Crippen LogP contribution in [-0.4, -0.2) is 21.7 Å². The minimum Gasteiger partial charge on any atom is -0.396 e. The van der Waals surface area contributed by atoms with Crippen LogP contribution in [-0.2, 0) is 5.92 Å². The van der Waals surface area contributed by atoms with Crippen molar-refractivity contribution in [1.29, 1.82) is 0 Å². The van der Waals surface area contributed by atoms with E-state index < -0.39 is 19.0 Å². The second-order valence-corrected chi connectivity index (χ2v) is 2.70. The summed E-state index contributed by atoms with van der Waals surface area (Å²) in [7, 11) is 0. The topological polar surface area (TPSA) is 46.0 Å². The number of nitrogens with zero attached hydrogens (tertiary/aromatic N) is 2. The predicted octanol–water partition coefficient (Wildman–Crippen LogP) is 1.26. The van der Waals surface area contributed by atoms with Gasteiger partial charge in [-0.1, -0.05) is 0 Å². The largest absolute Gasteiger partial charge is 0.396 e. The van der Waals surface area contributed by atoms with Gasteiger partial charge in [0.15, 0.2) is 0 Å². The molecule has 0 aromatic carbocycles. The molecule has 0 fully saturated rings. The summed E-state index contributed by atoms with van der Waals surface area (Å²) in [5, 5.41) is 8.43. The van der Waals surface area contributed by atoms with Crippen molar-refractivity contribution in [1.82, 2.24) is 9.97 Å². The second-order valence-electron chi connectivity index (χ2n) is 2.70. The van der Waals surface area contributed by atoms with Crippen LogP contribution in [0, 0.1) is 6.92 Å². The van der Waals surface area contributed by atoms with Gasteiger partial charge in [0.2, 0.25) is 0 Å². The third-order valence-corrected chi connectivity index (χ3v) is 1.73. The smallest absolute Gasteiger partial charge is 0.278 e. The Balaban J connectivity index is 2.99. The first kappa shape index (κ1) is 9.98. The maximum Gasteiger partial charge on any atom is 0.278 e. The average Bonchev–Trinajstić information content (AvgIpc) is 2.04. The maximum absolute atomic E-state index is 13.2. The van der Waals surface area contributed by atoms with Crippen LogP contribution in [0.25, 0.3) is 0 Å². The van der Waals surface area contributed by atoms with Crippen molar-refractivity contribution < 1.29 is 13.9 Å². The van der Waals surface area contributed by atoms with Gasteiger partial charge < -0.3 is 5.11 Å². The Morgan fingerprint density at radius 1 is 1.54 bits per heavy atom. The van der Waals surface area contributed by atoms with Crippen LogP contribution in [0.1, 0.15) is 17.7 Å². The van der Waals surface area contributed by atoms with Crippen LogP contribution >= 0.6 is 0 Å². The molecule has 0 spiro atoms. The second kappa shape index (κ2) is 3.74. The van der Waals surface area contributed by atoms with E-state index in [9.17, 15) is 8.78 Å². The highest BCUT2D eigenvalue weighted by Crippen LogP contribution is 2.31. The molecule has 1 heterocycles. The predicted molar refractivity (Wildman–Crippen MR) is 42.4 cm³/mol. The van der Waals surface area contributed by atoms with Crippen molar-refractivity contribution in [2.75, 3.05) is 6.61 Å². The van der Waals surface area contributed by atoms with Gasteiger partial charge in [-0.15, -0.1) is 0 Å². The Bertz CT molecular complexity index is 291. The fourth-order valence-electron chi connectivity index (χ4n) is 1.02. The van der Waals surface area contributed by atoms with Gasteiger partial charge in [-0.05, 0) is 6.92 Å². The number of aromatic nitrogens is 2. The van der Waals surface area contributed by atoms with Crippen molar-refractivity contribution in [2.24, 2.45) is 0 Å². The number of halogens is 2. The highest BCUT2D eigenvalue weighted by atomic mass is 19.3. The van der Waals surface area contributed by atoms with Crippen molar-refractivity contribution in [3.63, 3.8) is 0 Å². The summed E-state index contributed by atoms with van der Waals surface area (Å²) in [6, 6.07) is 0. The van der Waals surface area contributed by atoms with Crippen molar-refractivity contribution in [3.8, 4) is 0 Å². The normalized spacial score (nSPS) is 11.7. The Hall–Kier alpha value is -1.10. The standard InChI is InChI=1S/C8H10F2N2O/c1-6-7(4-11-5-12-6)8(9,10)2-3-13/h4-5,13H,2-3H2,1H3. The molecule has 0 unspecified atom stereocenters. The third-order valence-electron chi connectivity index (χ3n) is 1.73. The molecule has 0 radical (unpaired) electrons. The molecule has 0 atom stereocenters. The average molecular weight is 188 g/mol.